The van der Waals surface area contributed by atoms with Crippen LogP contribution in [0.2, 0.25) is 8.67 Å². The van der Waals surface area contributed by atoms with Crippen LogP contribution in [-0.4, -0.2) is 36.4 Å². The zero-order valence-electron chi connectivity index (χ0n) is 11.5. The van der Waals surface area contributed by atoms with E-state index in [1.165, 1.54) is 6.07 Å². The Morgan fingerprint density at radius 2 is 2.10 bits per heavy atom. The number of hydrogen-bond donors (Lipinski definition) is 1. The van der Waals surface area contributed by atoms with Crippen molar-refractivity contribution >= 4 is 50.5 Å². The van der Waals surface area contributed by atoms with Gasteiger partial charge in [-0.25, -0.2) is 8.42 Å². The number of sulfonamides is 1. The van der Waals surface area contributed by atoms with Crippen LogP contribution in [0.5, 0.6) is 0 Å². The molecule has 0 bridgehead atoms. The molecule has 118 valence electrons. The van der Waals surface area contributed by atoms with Gasteiger partial charge in [-0.15, -0.1) is 11.3 Å². The van der Waals surface area contributed by atoms with Gasteiger partial charge in [0.25, 0.3) is 0 Å². The molecule has 1 atom stereocenters. The lowest BCUT2D eigenvalue weighted by Crippen LogP contribution is -2.56. The SMILES string of the molecule is CC1(C)CCCN(S(=O)(=O)c2cc(Cl)sc2Cl)C1C(=O)O. The van der Waals surface area contributed by atoms with Crippen LogP contribution < -0.4 is 0 Å². The van der Waals surface area contributed by atoms with Crippen LogP contribution in [0.3, 0.4) is 0 Å². The van der Waals surface area contributed by atoms with Crippen molar-refractivity contribution in [2.75, 3.05) is 6.54 Å². The number of hydrogen-bond acceptors (Lipinski definition) is 4. The van der Waals surface area contributed by atoms with Crippen LogP contribution in [-0.2, 0) is 14.8 Å². The number of rotatable bonds is 3. The third-order valence-electron chi connectivity index (χ3n) is 3.67. The second kappa shape index (κ2) is 5.70. The fraction of sp³-hybridized carbons (Fsp3) is 0.583. The van der Waals surface area contributed by atoms with Crippen molar-refractivity contribution in [3.63, 3.8) is 0 Å². The van der Waals surface area contributed by atoms with E-state index in [1.54, 1.807) is 13.8 Å². The summed E-state index contributed by atoms with van der Waals surface area (Å²) in [5, 5.41) is 9.47. The van der Waals surface area contributed by atoms with Crippen molar-refractivity contribution in [2.45, 2.75) is 37.6 Å². The third-order valence-corrected chi connectivity index (χ3v) is 7.29. The van der Waals surface area contributed by atoms with E-state index in [-0.39, 0.29) is 20.1 Å². The highest BCUT2D eigenvalue weighted by Crippen LogP contribution is 2.41. The molecule has 2 rings (SSSR count). The van der Waals surface area contributed by atoms with Crippen molar-refractivity contribution in [3.05, 3.63) is 14.7 Å². The number of carbonyl (C=O) groups is 1. The molecular weight excluding hydrogens is 357 g/mol. The molecule has 1 aromatic heterocycles. The molecule has 1 unspecified atom stereocenters. The summed E-state index contributed by atoms with van der Waals surface area (Å²) in [6.45, 7) is 3.68. The van der Waals surface area contributed by atoms with Crippen LogP contribution >= 0.6 is 34.5 Å². The molecule has 1 aliphatic rings. The average molecular weight is 372 g/mol. The maximum absolute atomic E-state index is 12.8. The smallest absolute Gasteiger partial charge is 0.322 e. The number of carboxylic acid groups (broad SMARTS) is 1. The summed E-state index contributed by atoms with van der Waals surface area (Å²) in [6.07, 6.45) is 1.25. The Kier molecular flexibility index (Phi) is 4.62. The summed E-state index contributed by atoms with van der Waals surface area (Å²) in [6, 6.07) is 0.149. The molecule has 1 saturated heterocycles. The maximum atomic E-state index is 12.8. The Morgan fingerprint density at radius 1 is 1.48 bits per heavy atom. The molecule has 2 heterocycles. The van der Waals surface area contributed by atoms with Gasteiger partial charge in [0, 0.05) is 6.54 Å². The highest BCUT2D eigenvalue weighted by Gasteiger charge is 2.48. The second-order valence-corrected chi connectivity index (χ2v) is 9.78. The first kappa shape index (κ1) is 17.0. The average Bonchev–Trinajstić information content (AvgIpc) is 2.67. The number of thiophene rings is 1. The van der Waals surface area contributed by atoms with E-state index in [0.29, 0.717) is 12.8 Å². The van der Waals surface area contributed by atoms with Gasteiger partial charge in [-0.3, -0.25) is 4.79 Å². The minimum atomic E-state index is -3.99. The topological polar surface area (TPSA) is 74.7 Å². The predicted octanol–water partition coefficient (Wildman–Crippen LogP) is 3.32. The molecular formula is C12H15Cl2NO4S2. The molecule has 21 heavy (non-hydrogen) atoms. The van der Waals surface area contributed by atoms with E-state index in [9.17, 15) is 18.3 Å². The summed E-state index contributed by atoms with van der Waals surface area (Å²) >= 11 is 12.7. The lowest BCUT2D eigenvalue weighted by atomic mass is 9.77. The number of nitrogens with zero attached hydrogens (tertiary/aromatic N) is 1. The summed E-state index contributed by atoms with van der Waals surface area (Å²) < 4.78 is 26.8. The van der Waals surface area contributed by atoms with Gasteiger partial charge < -0.3 is 5.11 Å². The third kappa shape index (κ3) is 3.07. The highest BCUT2D eigenvalue weighted by molar-refractivity contribution is 7.89. The van der Waals surface area contributed by atoms with Gasteiger partial charge in [-0.2, -0.15) is 4.31 Å². The van der Waals surface area contributed by atoms with E-state index in [4.69, 9.17) is 23.2 Å². The molecule has 0 spiro atoms. The van der Waals surface area contributed by atoms with Crippen molar-refractivity contribution in [1.82, 2.24) is 4.31 Å². The molecule has 0 radical (unpaired) electrons. The number of piperidine rings is 1. The molecule has 9 heteroatoms. The van der Waals surface area contributed by atoms with Crippen LogP contribution in [0.25, 0.3) is 0 Å². The standard InChI is InChI=1S/C12H15Cl2NO4S2/c1-12(2)4-3-5-15(9(12)11(16)17)21(18,19)7-6-8(13)20-10(7)14/h6,9H,3-5H2,1-2H3,(H,16,17). The van der Waals surface area contributed by atoms with Crippen molar-refractivity contribution < 1.29 is 18.3 Å². The van der Waals surface area contributed by atoms with Crippen LogP contribution in [0.4, 0.5) is 0 Å². The lowest BCUT2D eigenvalue weighted by Gasteiger charge is -2.42. The van der Waals surface area contributed by atoms with E-state index in [0.717, 1.165) is 15.6 Å². The van der Waals surface area contributed by atoms with Crippen molar-refractivity contribution in [2.24, 2.45) is 5.41 Å². The molecule has 0 aliphatic carbocycles. The monoisotopic (exact) mass is 371 g/mol. The number of aliphatic carboxylic acids is 1. The summed E-state index contributed by atoms with van der Waals surface area (Å²) in [4.78, 5) is 11.5. The Balaban J connectivity index is 2.52. The first-order valence-electron chi connectivity index (χ1n) is 6.27. The van der Waals surface area contributed by atoms with Gasteiger partial charge in [-0.05, 0) is 24.3 Å². The molecule has 0 saturated carbocycles. The molecule has 1 N–H and O–H groups in total. The first-order valence-corrected chi connectivity index (χ1v) is 9.28. The van der Waals surface area contributed by atoms with Crippen molar-refractivity contribution in [3.8, 4) is 0 Å². The van der Waals surface area contributed by atoms with Gasteiger partial charge in [0.15, 0.2) is 0 Å². The van der Waals surface area contributed by atoms with Gasteiger partial charge in [0.2, 0.25) is 10.0 Å². The molecule has 1 fully saturated rings. The largest absolute Gasteiger partial charge is 0.480 e. The van der Waals surface area contributed by atoms with E-state index in [1.807, 2.05) is 0 Å². The molecule has 5 nitrogen and oxygen atoms in total. The summed E-state index contributed by atoms with van der Waals surface area (Å²) in [7, 11) is -3.99. The minimum absolute atomic E-state index is 0.0486. The van der Waals surface area contributed by atoms with E-state index in [2.05, 4.69) is 0 Å². The number of carboxylic acids is 1. The minimum Gasteiger partial charge on any atom is -0.480 e. The molecule has 1 aromatic rings. The lowest BCUT2D eigenvalue weighted by molar-refractivity contribution is -0.147. The fourth-order valence-electron chi connectivity index (χ4n) is 2.69. The summed E-state index contributed by atoms with van der Waals surface area (Å²) in [5.41, 5.74) is -0.649. The Labute approximate surface area is 137 Å². The Bertz CT molecular complexity index is 669. The van der Waals surface area contributed by atoms with E-state index >= 15 is 0 Å². The van der Waals surface area contributed by atoms with E-state index < -0.39 is 27.4 Å². The highest BCUT2D eigenvalue weighted by atomic mass is 35.5. The van der Waals surface area contributed by atoms with Gasteiger partial charge in [-0.1, -0.05) is 37.0 Å². The zero-order valence-corrected chi connectivity index (χ0v) is 14.6. The molecule has 0 amide bonds. The second-order valence-electron chi connectivity index (χ2n) is 5.64. The van der Waals surface area contributed by atoms with Crippen LogP contribution in [0.1, 0.15) is 26.7 Å². The molecule has 0 aromatic carbocycles. The van der Waals surface area contributed by atoms with Crippen LogP contribution in [0, 0.1) is 5.41 Å². The van der Waals surface area contributed by atoms with Gasteiger partial charge >= 0.3 is 5.97 Å². The predicted molar refractivity (Wildman–Crippen MR) is 82.7 cm³/mol. The number of halogens is 2. The normalized spacial score (nSPS) is 23.1. The van der Waals surface area contributed by atoms with Crippen molar-refractivity contribution in [1.29, 1.82) is 0 Å². The van der Waals surface area contributed by atoms with Gasteiger partial charge in [0.1, 0.15) is 15.3 Å². The molecule has 1 aliphatic heterocycles. The van der Waals surface area contributed by atoms with Crippen LogP contribution in [0.15, 0.2) is 11.0 Å². The zero-order chi connectivity index (χ0) is 16.0. The Morgan fingerprint density at radius 3 is 2.57 bits per heavy atom. The maximum Gasteiger partial charge on any atom is 0.322 e. The summed E-state index contributed by atoms with van der Waals surface area (Å²) in [5.74, 6) is -1.15. The first-order chi connectivity index (χ1) is 9.57. The Hall–Kier alpha value is -0.340. The van der Waals surface area contributed by atoms with Gasteiger partial charge in [0.05, 0.1) is 4.34 Å². The quantitative estimate of drug-likeness (QED) is 0.883. The fourth-order valence-corrected chi connectivity index (χ4v) is 6.58.